The number of nitriles is 1. The van der Waals surface area contributed by atoms with Crippen molar-refractivity contribution in [2.75, 3.05) is 25.1 Å². The molecule has 1 aromatic heterocycles. The van der Waals surface area contributed by atoms with E-state index in [1.807, 2.05) is 0 Å². The number of benzene rings is 1. The summed E-state index contributed by atoms with van der Waals surface area (Å²) in [5.74, 6) is -0.0501. The van der Waals surface area contributed by atoms with Crippen LogP contribution in [0.1, 0.15) is 32.8 Å². The van der Waals surface area contributed by atoms with E-state index >= 15 is 0 Å². The van der Waals surface area contributed by atoms with Crippen LogP contribution in [0.25, 0.3) is 0 Å². The molecule has 1 N–H and O–H groups in total. The summed E-state index contributed by atoms with van der Waals surface area (Å²) in [6, 6.07) is 6.89. The molecule has 2 heterocycles. The average Bonchev–Trinajstić information content (AvgIpc) is 3.26. The van der Waals surface area contributed by atoms with E-state index in [0.29, 0.717) is 35.3 Å². The normalized spacial score (nSPS) is 14.2. The summed E-state index contributed by atoms with van der Waals surface area (Å²) in [6.45, 7) is 0.453. The summed E-state index contributed by atoms with van der Waals surface area (Å²) < 4.78 is 15.9. The first kappa shape index (κ1) is 17.4. The molecule has 1 aliphatic carbocycles. The number of ether oxygens (including phenoxy) is 3. The lowest BCUT2D eigenvalue weighted by molar-refractivity contribution is -0.119. The minimum Gasteiger partial charge on any atom is -0.486 e. The third kappa shape index (κ3) is 3.46. The molecule has 0 atom stereocenters. The SMILES string of the molecule is N#Cc1c(NC(=O)COC(=O)c2ccc3c(c2)OCCO3)sc2c1CCC2. The Bertz CT molecular complexity index is 960. The molecular weight excluding hydrogens is 368 g/mol. The van der Waals surface area contributed by atoms with Gasteiger partial charge in [-0.15, -0.1) is 11.3 Å². The monoisotopic (exact) mass is 384 g/mol. The third-order valence-electron chi connectivity index (χ3n) is 4.40. The fraction of sp³-hybridized carbons (Fsp3) is 0.316. The molecule has 1 amide bonds. The number of esters is 1. The highest BCUT2D eigenvalue weighted by Crippen LogP contribution is 2.38. The molecular formula is C19H16N2O5S. The Morgan fingerprint density at radius 1 is 1.22 bits per heavy atom. The van der Waals surface area contributed by atoms with Gasteiger partial charge in [0.05, 0.1) is 11.1 Å². The minimum atomic E-state index is -0.628. The molecule has 0 saturated carbocycles. The van der Waals surface area contributed by atoms with E-state index in [2.05, 4.69) is 11.4 Å². The fourth-order valence-electron chi connectivity index (χ4n) is 3.16. The van der Waals surface area contributed by atoms with Gasteiger partial charge in [0.25, 0.3) is 5.91 Å². The molecule has 0 spiro atoms. The number of nitrogens with zero attached hydrogens (tertiary/aromatic N) is 1. The van der Waals surface area contributed by atoms with Crippen molar-refractivity contribution >= 4 is 28.2 Å². The largest absolute Gasteiger partial charge is 0.486 e. The maximum Gasteiger partial charge on any atom is 0.338 e. The number of fused-ring (bicyclic) bond motifs is 2. The first-order valence-corrected chi connectivity index (χ1v) is 9.38. The number of nitrogens with one attached hydrogen (secondary N) is 1. The number of aryl methyl sites for hydroxylation is 1. The highest BCUT2D eigenvalue weighted by molar-refractivity contribution is 7.16. The Morgan fingerprint density at radius 2 is 2.04 bits per heavy atom. The lowest BCUT2D eigenvalue weighted by atomic mass is 10.1. The van der Waals surface area contributed by atoms with Crippen molar-refractivity contribution in [1.82, 2.24) is 0 Å². The number of amides is 1. The van der Waals surface area contributed by atoms with E-state index in [4.69, 9.17) is 14.2 Å². The van der Waals surface area contributed by atoms with E-state index in [9.17, 15) is 14.9 Å². The number of rotatable bonds is 4. The van der Waals surface area contributed by atoms with E-state index in [1.54, 1.807) is 12.1 Å². The Labute approximate surface area is 159 Å². The summed E-state index contributed by atoms with van der Waals surface area (Å²) in [4.78, 5) is 25.5. The van der Waals surface area contributed by atoms with Crippen molar-refractivity contribution in [2.45, 2.75) is 19.3 Å². The van der Waals surface area contributed by atoms with Gasteiger partial charge >= 0.3 is 5.97 Å². The second kappa shape index (κ2) is 7.29. The summed E-state index contributed by atoms with van der Waals surface area (Å²) in [5.41, 5.74) is 1.84. The van der Waals surface area contributed by atoms with E-state index in [0.717, 1.165) is 29.7 Å². The number of thiophene rings is 1. The van der Waals surface area contributed by atoms with Crippen LogP contribution in [0.5, 0.6) is 11.5 Å². The molecule has 0 unspecified atom stereocenters. The van der Waals surface area contributed by atoms with Crippen LogP contribution in [-0.4, -0.2) is 31.7 Å². The number of anilines is 1. The van der Waals surface area contributed by atoms with Crippen LogP contribution in [-0.2, 0) is 22.4 Å². The Hall–Kier alpha value is -3.05. The topological polar surface area (TPSA) is 97.7 Å². The summed E-state index contributed by atoms with van der Waals surface area (Å²) >= 11 is 1.42. The smallest absolute Gasteiger partial charge is 0.338 e. The highest BCUT2D eigenvalue weighted by atomic mass is 32.1. The number of hydrogen-bond acceptors (Lipinski definition) is 7. The second-order valence-electron chi connectivity index (χ2n) is 6.16. The molecule has 4 rings (SSSR count). The standard InChI is InChI=1S/C19H16N2O5S/c20-9-13-12-2-1-3-16(12)27-18(13)21-17(22)10-26-19(23)11-4-5-14-15(8-11)25-7-6-24-14/h4-5,8H,1-3,6-7,10H2,(H,21,22). The summed E-state index contributed by atoms with van der Waals surface area (Å²) in [7, 11) is 0. The van der Waals surface area contributed by atoms with Crippen molar-refractivity contribution in [3.8, 4) is 17.6 Å². The van der Waals surface area contributed by atoms with Crippen LogP contribution in [0.3, 0.4) is 0 Å². The highest BCUT2D eigenvalue weighted by Gasteiger charge is 2.23. The van der Waals surface area contributed by atoms with Gasteiger partial charge in [-0.25, -0.2) is 4.79 Å². The molecule has 0 radical (unpaired) electrons. The molecule has 0 saturated heterocycles. The lowest BCUT2D eigenvalue weighted by Crippen LogP contribution is -2.21. The van der Waals surface area contributed by atoms with E-state index in [-0.39, 0.29) is 5.56 Å². The molecule has 2 aliphatic rings. The maximum absolute atomic E-state index is 12.2. The predicted octanol–water partition coefficient (Wildman–Crippen LogP) is 2.68. The summed E-state index contributed by atoms with van der Waals surface area (Å²) in [5, 5.41) is 12.6. The number of hydrogen-bond donors (Lipinski definition) is 1. The van der Waals surface area contributed by atoms with Gasteiger partial charge in [-0.1, -0.05) is 0 Å². The molecule has 8 heteroatoms. The first-order chi connectivity index (χ1) is 13.2. The predicted molar refractivity (Wildman–Crippen MR) is 97.4 cm³/mol. The first-order valence-electron chi connectivity index (χ1n) is 8.57. The van der Waals surface area contributed by atoms with Crippen LogP contribution in [0.2, 0.25) is 0 Å². The lowest BCUT2D eigenvalue weighted by Gasteiger charge is -2.18. The van der Waals surface area contributed by atoms with Crippen LogP contribution < -0.4 is 14.8 Å². The van der Waals surface area contributed by atoms with Crippen molar-refractivity contribution in [3.63, 3.8) is 0 Å². The average molecular weight is 384 g/mol. The van der Waals surface area contributed by atoms with E-state index in [1.165, 1.54) is 17.4 Å². The molecule has 2 aromatic rings. The van der Waals surface area contributed by atoms with Gasteiger partial charge in [0.2, 0.25) is 0 Å². The van der Waals surface area contributed by atoms with Crippen LogP contribution in [0, 0.1) is 11.3 Å². The molecule has 1 aliphatic heterocycles. The minimum absolute atomic E-state index is 0.278. The van der Waals surface area contributed by atoms with Gasteiger partial charge in [-0.05, 0) is 43.0 Å². The van der Waals surface area contributed by atoms with Crippen molar-refractivity contribution < 1.29 is 23.8 Å². The van der Waals surface area contributed by atoms with E-state index < -0.39 is 18.5 Å². The zero-order valence-electron chi connectivity index (χ0n) is 14.4. The molecule has 27 heavy (non-hydrogen) atoms. The van der Waals surface area contributed by atoms with Crippen LogP contribution in [0.4, 0.5) is 5.00 Å². The molecule has 0 fully saturated rings. The Kier molecular flexibility index (Phi) is 4.69. The van der Waals surface area contributed by atoms with Gasteiger partial charge < -0.3 is 19.5 Å². The Balaban J connectivity index is 1.37. The van der Waals surface area contributed by atoms with Gasteiger partial charge in [-0.3, -0.25) is 4.79 Å². The van der Waals surface area contributed by atoms with Crippen molar-refractivity contribution in [1.29, 1.82) is 5.26 Å². The van der Waals surface area contributed by atoms with Gasteiger partial charge in [-0.2, -0.15) is 5.26 Å². The van der Waals surface area contributed by atoms with Gasteiger partial charge in [0, 0.05) is 4.88 Å². The maximum atomic E-state index is 12.2. The molecule has 7 nitrogen and oxygen atoms in total. The third-order valence-corrected chi connectivity index (χ3v) is 5.61. The molecule has 0 bridgehead atoms. The molecule has 1 aromatic carbocycles. The number of carbonyl (C=O) groups is 2. The van der Waals surface area contributed by atoms with Crippen molar-refractivity contribution in [2.24, 2.45) is 0 Å². The number of carbonyl (C=O) groups excluding carboxylic acids is 2. The zero-order chi connectivity index (χ0) is 18.8. The fourth-order valence-corrected chi connectivity index (χ4v) is 4.41. The van der Waals surface area contributed by atoms with Crippen LogP contribution in [0.15, 0.2) is 18.2 Å². The second-order valence-corrected chi connectivity index (χ2v) is 7.26. The van der Waals surface area contributed by atoms with Crippen molar-refractivity contribution in [3.05, 3.63) is 39.8 Å². The van der Waals surface area contributed by atoms with Gasteiger partial charge in [0.1, 0.15) is 24.3 Å². The molecule has 138 valence electrons. The summed E-state index contributed by atoms with van der Waals surface area (Å²) in [6.07, 6.45) is 2.84. The zero-order valence-corrected chi connectivity index (χ0v) is 15.2. The van der Waals surface area contributed by atoms with Crippen LogP contribution >= 0.6 is 11.3 Å². The quantitative estimate of drug-likeness (QED) is 0.814. The van der Waals surface area contributed by atoms with Gasteiger partial charge in [0.15, 0.2) is 18.1 Å². The Morgan fingerprint density at radius 3 is 2.85 bits per heavy atom.